The third-order valence-corrected chi connectivity index (χ3v) is 2.19. The normalized spacial score (nSPS) is 10.5. The summed E-state index contributed by atoms with van der Waals surface area (Å²) in [6, 6.07) is 0. The number of aromatic amines is 1. The molecule has 0 saturated carbocycles. The van der Waals surface area contributed by atoms with Crippen LogP contribution in [0.4, 0.5) is 0 Å². The van der Waals surface area contributed by atoms with E-state index in [1.807, 2.05) is 0 Å². The van der Waals surface area contributed by atoms with Gasteiger partial charge in [-0.2, -0.15) is 10.3 Å². The van der Waals surface area contributed by atoms with Gasteiger partial charge in [0.25, 0.3) is 0 Å². The van der Waals surface area contributed by atoms with Gasteiger partial charge in [-0.05, 0) is 0 Å². The molecule has 2 heterocycles. The van der Waals surface area contributed by atoms with Crippen LogP contribution in [0.1, 0.15) is 11.8 Å². The fraction of sp³-hybridized carbons (Fsp3) is 0.333. The summed E-state index contributed by atoms with van der Waals surface area (Å²) in [6.07, 6.45) is 1.65. The van der Waals surface area contributed by atoms with Crippen molar-refractivity contribution >= 4 is 11.8 Å². The van der Waals surface area contributed by atoms with Gasteiger partial charge in [-0.15, -0.1) is 15.3 Å². The van der Waals surface area contributed by atoms with Crippen molar-refractivity contribution in [2.24, 2.45) is 0 Å². The summed E-state index contributed by atoms with van der Waals surface area (Å²) >= 11 is 1.49. The molecule has 0 atom stereocenters. The van der Waals surface area contributed by atoms with Crippen molar-refractivity contribution in [3.05, 3.63) is 18.0 Å². The van der Waals surface area contributed by atoms with E-state index < -0.39 is 0 Å². The summed E-state index contributed by atoms with van der Waals surface area (Å²) in [6.45, 7) is 1.76. The maximum absolute atomic E-state index is 5.18. The molecule has 0 fully saturated rings. The lowest BCUT2D eigenvalue weighted by atomic mass is 10.8. The molecule has 0 unspecified atom stereocenters. The number of aromatic nitrogens is 5. The van der Waals surface area contributed by atoms with Crippen LogP contribution in [-0.4, -0.2) is 25.6 Å². The Kier molecular flexibility index (Phi) is 2.26. The summed E-state index contributed by atoms with van der Waals surface area (Å²) < 4.78 is 5.18. The number of rotatable bonds is 3. The van der Waals surface area contributed by atoms with Crippen LogP contribution in [0.2, 0.25) is 0 Å². The van der Waals surface area contributed by atoms with Gasteiger partial charge in [0.1, 0.15) is 5.03 Å². The van der Waals surface area contributed by atoms with Crippen molar-refractivity contribution in [2.75, 3.05) is 0 Å². The van der Waals surface area contributed by atoms with Gasteiger partial charge in [-0.1, -0.05) is 11.8 Å². The molecule has 0 aliphatic rings. The van der Waals surface area contributed by atoms with E-state index in [0.717, 1.165) is 5.03 Å². The summed E-state index contributed by atoms with van der Waals surface area (Å²) in [5, 5.41) is 18.5. The van der Waals surface area contributed by atoms with Crippen molar-refractivity contribution in [1.82, 2.24) is 25.6 Å². The highest BCUT2D eigenvalue weighted by molar-refractivity contribution is 7.98. The van der Waals surface area contributed by atoms with Gasteiger partial charge in [-0.3, -0.25) is 0 Å². The maximum Gasteiger partial charge on any atom is 0.226 e. The van der Waals surface area contributed by atoms with Crippen molar-refractivity contribution in [2.45, 2.75) is 17.7 Å². The van der Waals surface area contributed by atoms with Gasteiger partial charge in [-0.25, -0.2) is 0 Å². The van der Waals surface area contributed by atoms with E-state index in [-0.39, 0.29) is 0 Å². The summed E-state index contributed by atoms with van der Waals surface area (Å²) in [7, 11) is 0. The van der Waals surface area contributed by atoms with Crippen LogP contribution in [0.3, 0.4) is 0 Å². The molecule has 6 nitrogen and oxygen atoms in total. The Balaban J connectivity index is 1.93. The topological polar surface area (TPSA) is 80.5 Å². The van der Waals surface area contributed by atoms with Gasteiger partial charge in [0.2, 0.25) is 11.8 Å². The summed E-state index contributed by atoms with van der Waals surface area (Å²) in [5.41, 5.74) is 0. The van der Waals surface area contributed by atoms with Crippen LogP contribution < -0.4 is 0 Å². The fourth-order valence-electron chi connectivity index (χ4n) is 0.792. The second kappa shape index (κ2) is 3.56. The largest absolute Gasteiger partial charge is 0.425 e. The van der Waals surface area contributed by atoms with E-state index in [9.17, 15) is 0 Å². The molecule has 0 bridgehead atoms. The predicted octanol–water partition coefficient (Wildman–Crippen LogP) is 0.788. The van der Waals surface area contributed by atoms with Crippen molar-refractivity contribution in [1.29, 1.82) is 0 Å². The lowest BCUT2D eigenvalue weighted by Gasteiger charge is -1.89. The van der Waals surface area contributed by atoms with Gasteiger partial charge in [0.05, 0.1) is 11.9 Å². The third-order valence-electron chi connectivity index (χ3n) is 1.30. The van der Waals surface area contributed by atoms with Crippen LogP contribution in [0, 0.1) is 6.92 Å². The van der Waals surface area contributed by atoms with Crippen LogP contribution in [0.15, 0.2) is 15.6 Å². The molecular formula is C6H7N5OS. The smallest absolute Gasteiger partial charge is 0.226 e. The minimum Gasteiger partial charge on any atom is -0.425 e. The van der Waals surface area contributed by atoms with Gasteiger partial charge in [0.15, 0.2) is 0 Å². The quantitative estimate of drug-likeness (QED) is 0.732. The SMILES string of the molecule is Cc1nnc(CSc2cn[nH]n2)o1. The van der Waals surface area contributed by atoms with E-state index in [4.69, 9.17) is 4.42 Å². The molecule has 0 saturated heterocycles. The van der Waals surface area contributed by atoms with Gasteiger partial charge < -0.3 is 4.42 Å². The number of hydrogen-bond donors (Lipinski definition) is 1. The molecule has 0 aliphatic carbocycles. The minimum atomic E-state index is 0.579. The first-order valence-corrected chi connectivity index (χ1v) is 4.61. The van der Waals surface area contributed by atoms with Crippen LogP contribution >= 0.6 is 11.8 Å². The van der Waals surface area contributed by atoms with Crippen molar-refractivity contribution in [3.8, 4) is 0 Å². The highest BCUT2D eigenvalue weighted by Crippen LogP contribution is 2.17. The van der Waals surface area contributed by atoms with Gasteiger partial charge in [0, 0.05) is 6.92 Å². The first-order chi connectivity index (χ1) is 6.34. The monoisotopic (exact) mass is 197 g/mol. The van der Waals surface area contributed by atoms with E-state index in [0.29, 0.717) is 17.5 Å². The fourth-order valence-corrected chi connectivity index (χ4v) is 1.41. The Morgan fingerprint density at radius 3 is 3.08 bits per heavy atom. The molecule has 1 N–H and O–H groups in total. The summed E-state index contributed by atoms with van der Waals surface area (Å²) in [5.74, 6) is 1.80. The third kappa shape index (κ3) is 2.05. The molecule has 2 rings (SSSR count). The minimum absolute atomic E-state index is 0.579. The first-order valence-electron chi connectivity index (χ1n) is 3.62. The Morgan fingerprint density at radius 2 is 2.46 bits per heavy atom. The Bertz CT molecular complexity index is 370. The second-order valence-electron chi connectivity index (χ2n) is 2.31. The molecular weight excluding hydrogens is 190 g/mol. The Labute approximate surface area is 78.1 Å². The number of nitrogens with zero attached hydrogens (tertiary/aromatic N) is 4. The molecule has 68 valence electrons. The number of H-pyrrole nitrogens is 1. The van der Waals surface area contributed by atoms with E-state index in [2.05, 4.69) is 25.6 Å². The zero-order valence-corrected chi connectivity index (χ0v) is 7.71. The molecule has 0 aliphatic heterocycles. The number of nitrogens with one attached hydrogen (secondary N) is 1. The standard InChI is InChI=1S/C6H7N5OS/c1-4-8-9-5(12-4)3-13-6-2-7-11-10-6/h2H,3H2,1H3,(H,7,10,11). The van der Waals surface area contributed by atoms with Crippen LogP contribution in [0.5, 0.6) is 0 Å². The molecule has 2 aromatic heterocycles. The maximum atomic E-state index is 5.18. The predicted molar refractivity (Wildman–Crippen MR) is 45.0 cm³/mol. The number of hydrogen-bond acceptors (Lipinski definition) is 6. The molecule has 0 radical (unpaired) electrons. The zero-order chi connectivity index (χ0) is 9.10. The lowest BCUT2D eigenvalue weighted by molar-refractivity contribution is 0.485. The van der Waals surface area contributed by atoms with E-state index in [1.54, 1.807) is 13.1 Å². The molecule has 0 aromatic carbocycles. The summed E-state index contributed by atoms with van der Waals surface area (Å²) in [4.78, 5) is 0. The molecule has 2 aromatic rings. The van der Waals surface area contributed by atoms with Gasteiger partial charge >= 0.3 is 0 Å². The average molecular weight is 197 g/mol. The van der Waals surface area contributed by atoms with Crippen molar-refractivity contribution < 1.29 is 4.42 Å². The van der Waals surface area contributed by atoms with Crippen LogP contribution in [0.25, 0.3) is 0 Å². The van der Waals surface area contributed by atoms with E-state index >= 15 is 0 Å². The lowest BCUT2D eigenvalue weighted by Crippen LogP contribution is -1.80. The molecule has 13 heavy (non-hydrogen) atoms. The second-order valence-corrected chi connectivity index (χ2v) is 3.31. The highest BCUT2D eigenvalue weighted by atomic mass is 32.2. The van der Waals surface area contributed by atoms with Crippen molar-refractivity contribution in [3.63, 3.8) is 0 Å². The first kappa shape index (κ1) is 8.24. The number of thioether (sulfide) groups is 1. The van der Waals surface area contributed by atoms with E-state index in [1.165, 1.54) is 11.8 Å². The average Bonchev–Trinajstić information content (AvgIpc) is 2.71. The molecule has 7 heteroatoms. The Morgan fingerprint density at radius 1 is 1.54 bits per heavy atom. The van der Waals surface area contributed by atoms with Crippen LogP contribution in [-0.2, 0) is 5.75 Å². The highest BCUT2D eigenvalue weighted by Gasteiger charge is 2.04. The molecule has 0 amide bonds. The Hall–Kier alpha value is -1.37. The zero-order valence-electron chi connectivity index (χ0n) is 6.89. The molecule has 0 spiro atoms. The number of aryl methyl sites for hydroxylation is 1.